The van der Waals surface area contributed by atoms with Gasteiger partial charge in [0.2, 0.25) is 10.0 Å². The number of aryl methyl sites for hydroxylation is 1. The van der Waals surface area contributed by atoms with Gasteiger partial charge in [-0.1, -0.05) is 17.7 Å². The fraction of sp³-hybridized carbons (Fsp3) is 0.278. The summed E-state index contributed by atoms with van der Waals surface area (Å²) in [5.41, 5.74) is 3.20. The number of benzene rings is 2. The Morgan fingerprint density at radius 1 is 1.16 bits per heavy atom. The minimum atomic E-state index is -3.33. The molecule has 7 heteroatoms. The van der Waals surface area contributed by atoms with Gasteiger partial charge >= 0.3 is 0 Å². The Morgan fingerprint density at radius 3 is 2.56 bits per heavy atom. The lowest BCUT2D eigenvalue weighted by Gasteiger charge is -2.26. The molecule has 0 spiro atoms. The van der Waals surface area contributed by atoms with Gasteiger partial charge in [-0.05, 0) is 66.8 Å². The Hall–Kier alpha value is -2.05. The van der Waals surface area contributed by atoms with Crippen LogP contribution in [0.15, 0.2) is 42.5 Å². The van der Waals surface area contributed by atoms with Crippen LogP contribution in [0.4, 0.5) is 5.69 Å². The van der Waals surface area contributed by atoms with Gasteiger partial charge in [0.05, 0.1) is 12.3 Å². The van der Waals surface area contributed by atoms with E-state index in [0.29, 0.717) is 16.3 Å². The van der Waals surface area contributed by atoms with Crippen molar-refractivity contribution in [1.82, 2.24) is 5.32 Å². The van der Waals surface area contributed by atoms with Crippen molar-refractivity contribution in [1.29, 1.82) is 0 Å². The van der Waals surface area contributed by atoms with E-state index in [-0.39, 0.29) is 11.9 Å². The van der Waals surface area contributed by atoms with Crippen molar-refractivity contribution in [2.45, 2.75) is 25.3 Å². The maximum atomic E-state index is 12.5. The predicted octanol–water partition coefficient (Wildman–Crippen LogP) is 3.52. The summed E-state index contributed by atoms with van der Waals surface area (Å²) < 4.78 is 24.8. The third kappa shape index (κ3) is 4.52. The Bertz CT molecular complexity index is 895. The Morgan fingerprint density at radius 2 is 1.88 bits per heavy atom. The largest absolute Gasteiger partial charge is 0.345 e. The zero-order valence-corrected chi connectivity index (χ0v) is 15.3. The van der Waals surface area contributed by atoms with Crippen LogP contribution in [0.1, 0.15) is 40.4 Å². The number of carbonyl (C=O) groups is 1. The van der Waals surface area contributed by atoms with E-state index < -0.39 is 10.0 Å². The van der Waals surface area contributed by atoms with E-state index in [2.05, 4.69) is 10.0 Å². The molecule has 1 aliphatic carbocycles. The second-order valence-electron chi connectivity index (χ2n) is 6.21. The molecule has 0 aliphatic heterocycles. The number of hydrogen-bond donors (Lipinski definition) is 2. The first kappa shape index (κ1) is 17.8. The first-order valence-corrected chi connectivity index (χ1v) is 10.3. The van der Waals surface area contributed by atoms with Crippen molar-refractivity contribution in [2.24, 2.45) is 0 Å². The minimum Gasteiger partial charge on any atom is -0.345 e. The molecule has 0 unspecified atom stereocenters. The SMILES string of the molecule is CS(=O)(=O)Nc1ccc(C(=O)N[C@H]2CCCc3cc(Cl)ccc32)cc1. The summed E-state index contributed by atoms with van der Waals surface area (Å²) in [6, 6.07) is 12.1. The van der Waals surface area contributed by atoms with Crippen LogP contribution in [0.3, 0.4) is 0 Å². The Labute approximate surface area is 152 Å². The molecule has 0 fully saturated rings. The second kappa shape index (κ2) is 7.06. The van der Waals surface area contributed by atoms with Crippen LogP contribution in [0.25, 0.3) is 0 Å². The highest BCUT2D eigenvalue weighted by Gasteiger charge is 2.22. The zero-order chi connectivity index (χ0) is 18.0. The molecule has 1 aliphatic rings. The monoisotopic (exact) mass is 378 g/mol. The highest BCUT2D eigenvalue weighted by Crippen LogP contribution is 2.31. The molecule has 2 N–H and O–H groups in total. The van der Waals surface area contributed by atoms with Gasteiger partial charge in [0.1, 0.15) is 0 Å². The van der Waals surface area contributed by atoms with E-state index in [0.717, 1.165) is 31.1 Å². The summed E-state index contributed by atoms with van der Waals surface area (Å²) in [5.74, 6) is -0.182. The quantitative estimate of drug-likeness (QED) is 0.854. The summed E-state index contributed by atoms with van der Waals surface area (Å²) >= 11 is 6.05. The fourth-order valence-electron chi connectivity index (χ4n) is 3.08. The van der Waals surface area contributed by atoms with E-state index in [9.17, 15) is 13.2 Å². The van der Waals surface area contributed by atoms with Crippen LogP contribution >= 0.6 is 11.6 Å². The van der Waals surface area contributed by atoms with Crippen LogP contribution in [0.2, 0.25) is 5.02 Å². The van der Waals surface area contributed by atoms with Crippen molar-refractivity contribution in [3.05, 3.63) is 64.2 Å². The fourth-order valence-corrected chi connectivity index (χ4v) is 3.84. The topological polar surface area (TPSA) is 75.3 Å². The lowest BCUT2D eigenvalue weighted by atomic mass is 9.87. The number of amides is 1. The first-order chi connectivity index (χ1) is 11.8. The number of hydrogen-bond acceptors (Lipinski definition) is 3. The van der Waals surface area contributed by atoms with Crippen molar-refractivity contribution >= 4 is 33.2 Å². The van der Waals surface area contributed by atoms with Gasteiger partial charge in [0, 0.05) is 16.3 Å². The third-order valence-electron chi connectivity index (χ3n) is 4.18. The predicted molar refractivity (Wildman–Crippen MR) is 99.5 cm³/mol. The lowest BCUT2D eigenvalue weighted by molar-refractivity contribution is 0.0933. The minimum absolute atomic E-state index is 0.0395. The van der Waals surface area contributed by atoms with Crippen LogP contribution in [-0.2, 0) is 16.4 Å². The Balaban J connectivity index is 1.73. The molecular formula is C18H19ClN2O3S. The van der Waals surface area contributed by atoms with Gasteiger partial charge in [-0.3, -0.25) is 9.52 Å². The van der Waals surface area contributed by atoms with Gasteiger partial charge < -0.3 is 5.32 Å². The molecule has 5 nitrogen and oxygen atoms in total. The molecule has 2 aromatic carbocycles. The number of carbonyl (C=O) groups excluding carboxylic acids is 1. The van der Waals surface area contributed by atoms with E-state index in [1.807, 2.05) is 18.2 Å². The molecule has 0 radical (unpaired) electrons. The zero-order valence-electron chi connectivity index (χ0n) is 13.8. The van der Waals surface area contributed by atoms with Gasteiger partial charge in [-0.2, -0.15) is 0 Å². The average molecular weight is 379 g/mol. The van der Waals surface area contributed by atoms with Gasteiger partial charge in [0.15, 0.2) is 0 Å². The summed E-state index contributed by atoms with van der Waals surface area (Å²) in [5, 5.41) is 3.77. The smallest absolute Gasteiger partial charge is 0.251 e. The number of halogens is 1. The van der Waals surface area contributed by atoms with Crippen molar-refractivity contribution < 1.29 is 13.2 Å². The summed E-state index contributed by atoms with van der Waals surface area (Å²) in [7, 11) is -3.33. The molecule has 0 aromatic heterocycles. The van der Waals surface area contributed by atoms with Crippen LogP contribution in [0, 0.1) is 0 Å². The molecule has 132 valence electrons. The van der Waals surface area contributed by atoms with Crippen LogP contribution in [0.5, 0.6) is 0 Å². The van der Waals surface area contributed by atoms with Crippen LogP contribution < -0.4 is 10.0 Å². The highest BCUT2D eigenvalue weighted by atomic mass is 35.5. The molecule has 1 amide bonds. The maximum absolute atomic E-state index is 12.5. The lowest BCUT2D eigenvalue weighted by Crippen LogP contribution is -2.31. The molecule has 25 heavy (non-hydrogen) atoms. The number of rotatable bonds is 4. The highest BCUT2D eigenvalue weighted by molar-refractivity contribution is 7.92. The number of nitrogens with one attached hydrogen (secondary N) is 2. The van der Waals surface area contributed by atoms with Crippen molar-refractivity contribution in [3.63, 3.8) is 0 Å². The third-order valence-corrected chi connectivity index (χ3v) is 5.02. The summed E-state index contributed by atoms with van der Waals surface area (Å²) in [6.45, 7) is 0. The molecular weight excluding hydrogens is 360 g/mol. The molecule has 2 aromatic rings. The molecule has 0 saturated heterocycles. The number of sulfonamides is 1. The van der Waals surface area contributed by atoms with E-state index in [1.165, 1.54) is 5.56 Å². The molecule has 0 saturated carbocycles. The molecule has 0 heterocycles. The first-order valence-electron chi connectivity index (χ1n) is 7.99. The van der Waals surface area contributed by atoms with Gasteiger partial charge in [-0.15, -0.1) is 0 Å². The maximum Gasteiger partial charge on any atom is 0.251 e. The molecule has 3 rings (SSSR count). The average Bonchev–Trinajstić information content (AvgIpc) is 2.54. The summed E-state index contributed by atoms with van der Waals surface area (Å²) in [6.07, 6.45) is 3.93. The van der Waals surface area contributed by atoms with E-state index in [1.54, 1.807) is 24.3 Å². The van der Waals surface area contributed by atoms with Crippen molar-refractivity contribution in [2.75, 3.05) is 11.0 Å². The second-order valence-corrected chi connectivity index (χ2v) is 8.40. The molecule has 1 atom stereocenters. The van der Waals surface area contributed by atoms with Crippen LogP contribution in [-0.4, -0.2) is 20.6 Å². The Kier molecular flexibility index (Phi) is 5.01. The van der Waals surface area contributed by atoms with Crippen molar-refractivity contribution in [3.8, 4) is 0 Å². The number of anilines is 1. The van der Waals surface area contributed by atoms with Gasteiger partial charge in [-0.25, -0.2) is 8.42 Å². The summed E-state index contributed by atoms with van der Waals surface area (Å²) in [4.78, 5) is 12.5. The molecule has 0 bridgehead atoms. The van der Waals surface area contributed by atoms with Gasteiger partial charge in [0.25, 0.3) is 5.91 Å². The van der Waals surface area contributed by atoms with E-state index >= 15 is 0 Å². The van der Waals surface area contributed by atoms with E-state index in [4.69, 9.17) is 11.6 Å². The standard InChI is InChI=1S/C18H19ClN2O3S/c1-25(23,24)21-15-8-5-12(6-9-15)18(22)20-17-4-2-3-13-11-14(19)7-10-16(13)17/h5-11,17,21H,2-4H2,1H3,(H,20,22)/t17-/m0/s1. The number of fused-ring (bicyclic) bond motifs is 1. The normalized spacial score (nSPS) is 16.8.